The lowest BCUT2D eigenvalue weighted by Gasteiger charge is -2.09. The highest BCUT2D eigenvalue weighted by Gasteiger charge is 2.43. The quantitative estimate of drug-likeness (QED) is 0.479. The fourth-order valence-electron chi connectivity index (χ4n) is 3.73. The van der Waals surface area contributed by atoms with E-state index in [0.29, 0.717) is 17.4 Å². The Labute approximate surface area is 182 Å². The number of benzene rings is 1. The van der Waals surface area contributed by atoms with Gasteiger partial charge in [-0.2, -0.15) is 11.8 Å². The molecule has 1 N–H and O–H groups in total. The van der Waals surface area contributed by atoms with Gasteiger partial charge in [-0.3, -0.25) is 9.88 Å². The average molecular weight is 433 g/mol. The van der Waals surface area contributed by atoms with Crippen LogP contribution in [-0.2, 0) is 16.9 Å². The summed E-state index contributed by atoms with van der Waals surface area (Å²) in [6, 6.07) is 8.99. The van der Waals surface area contributed by atoms with E-state index in [4.69, 9.17) is 9.26 Å². The van der Waals surface area contributed by atoms with Gasteiger partial charge in [-0.05, 0) is 37.1 Å². The SMILES string of the molecule is CC1(c2cc(NC(=O)n3ccc4cc(Oc5ncnc6c5CSC6)ccc43)no2)CC1. The van der Waals surface area contributed by atoms with Crippen molar-refractivity contribution in [1.29, 1.82) is 0 Å². The zero-order valence-corrected chi connectivity index (χ0v) is 17.6. The minimum atomic E-state index is -0.296. The van der Waals surface area contributed by atoms with Gasteiger partial charge in [0.2, 0.25) is 5.88 Å². The van der Waals surface area contributed by atoms with Gasteiger partial charge in [0.15, 0.2) is 5.82 Å². The molecule has 2 aliphatic rings. The molecule has 0 unspecified atom stereocenters. The summed E-state index contributed by atoms with van der Waals surface area (Å²) in [6.07, 6.45) is 5.43. The molecule has 1 amide bonds. The molecule has 3 aromatic heterocycles. The van der Waals surface area contributed by atoms with Crippen molar-refractivity contribution in [1.82, 2.24) is 19.7 Å². The molecule has 9 heteroatoms. The molecule has 6 rings (SSSR count). The van der Waals surface area contributed by atoms with E-state index in [1.165, 1.54) is 6.33 Å². The summed E-state index contributed by atoms with van der Waals surface area (Å²) >= 11 is 1.80. The Bertz CT molecular complexity index is 1320. The molecule has 1 saturated carbocycles. The van der Waals surface area contributed by atoms with Gasteiger partial charge in [-0.25, -0.2) is 14.8 Å². The molecule has 1 aromatic carbocycles. The first-order valence-electron chi connectivity index (χ1n) is 10.1. The van der Waals surface area contributed by atoms with E-state index in [1.54, 1.807) is 28.6 Å². The van der Waals surface area contributed by atoms with Crippen molar-refractivity contribution in [3.63, 3.8) is 0 Å². The molecule has 4 heterocycles. The molecule has 1 aliphatic carbocycles. The lowest BCUT2D eigenvalue weighted by Crippen LogP contribution is -2.18. The molecule has 1 fully saturated rings. The zero-order valence-electron chi connectivity index (χ0n) is 16.8. The van der Waals surface area contributed by atoms with E-state index in [1.807, 2.05) is 24.3 Å². The molecule has 0 spiro atoms. The van der Waals surface area contributed by atoms with Crippen LogP contribution in [0.15, 0.2) is 47.4 Å². The van der Waals surface area contributed by atoms with Gasteiger partial charge in [0, 0.05) is 40.1 Å². The molecule has 0 atom stereocenters. The van der Waals surface area contributed by atoms with Crippen LogP contribution in [0.5, 0.6) is 11.6 Å². The number of thioether (sulfide) groups is 1. The number of hydrogen-bond donors (Lipinski definition) is 1. The lowest BCUT2D eigenvalue weighted by molar-refractivity contribution is 0.254. The second-order valence-corrected chi connectivity index (χ2v) is 9.16. The first kappa shape index (κ1) is 18.4. The number of carbonyl (C=O) groups is 1. The van der Waals surface area contributed by atoms with Crippen LogP contribution in [0.4, 0.5) is 10.6 Å². The molecular formula is C22H19N5O3S. The van der Waals surface area contributed by atoms with Crippen LogP contribution in [0.2, 0.25) is 0 Å². The van der Waals surface area contributed by atoms with Crippen molar-refractivity contribution >= 4 is 34.5 Å². The van der Waals surface area contributed by atoms with E-state index in [2.05, 4.69) is 27.4 Å². The van der Waals surface area contributed by atoms with Crippen molar-refractivity contribution in [3.05, 3.63) is 59.9 Å². The Morgan fingerprint density at radius 3 is 3.00 bits per heavy atom. The maximum Gasteiger partial charge on any atom is 0.331 e. The van der Waals surface area contributed by atoms with Crippen LogP contribution in [0.1, 0.15) is 36.8 Å². The third-order valence-corrected chi connectivity index (χ3v) is 6.89. The fourth-order valence-corrected chi connectivity index (χ4v) is 4.77. The number of nitrogens with one attached hydrogen (secondary N) is 1. The van der Waals surface area contributed by atoms with Crippen molar-refractivity contribution in [2.45, 2.75) is 36.7 Å². The highest BCUT2D eigenvalue weighted by molar-refractivity contribution is 7.98. The van der Waals surface area contributed by atoms with Gasteiger partial charge < -0.3 is 9.26 Å². The third-order valence-electron chi connectivity index (χ3n) is 5.92. The summed E-state index contributed by atoms with van der Waals surface area (Å²) in [5, 5.41) is 7.68. The highest BCUT2D eigenvalue weighted by atomic mass is 32.2. The molecule has 4 aromatic rings. The standard InChI is InChI=1S/C22H19N5O3S/c1-22(5-6-22)18-9-19(26-30-18)25-21(28)27-7-4-13-8-14(2-3-17(13)27)29-20-15-10-31-11-16(15)23-12-24-20/h2-4,7-9,12H,5-6,10-11H2,1H3,(H,25,26,28). The van der Waals surface area contributed by atoms with Gasteiger partial charge in [0.05, 0.1) is 11.2 Å². The maximum absolute atomic E-state index is 12.8. The largest absolute Gasteiger partial charge is 0.439 e. The second-order valence-electron chi connectivity index (χ2n) is 8.17. The minimum Gasteiger partial charge on any atom is -0.439 e. The number of amides is 1. The van der Waals surface area contributed by atoms with Gasteiger partial charge >= 0.3 is 6.03 Å². The third kappa shape index (κ3) is 3.25. The molecule has 31 heavy (non-hydrogen) atoms. The first-order valence-corrected chi connectivity index (χ1v) is 11.2. The maximum atomic E-state index is 12.8. The molecule has 1 aliphatic heterocycles. The number of rotatable bonds is 4. The number of fused-ring (bicyclic) bond motifs is 2. The summed E-state index contributed by atoms with van der Waals surface area (Å²) in [4.78, 5) is 21.4. The van der Waals surface area contributed by atoms with Crippen LogP contribution < -0.4 is 10.1 Å². The van der Waals surface area contributed by atoms with Gasteiger partial charge in [0.25, 0.3) is 0 Å². The van der Waals surface area contributed by atoms with Crippen LogP contribution >= 0.6 is 11.8 Å². The summed E-state index contributed by atoms with van der Waals surface area (Å²) in [5.74, 6) is 4.24. The predicted octanol–water partition coefficient (Wildman–Crippen LogP) is 5.09. The summed E-state index contributed by atoms with van der Waals surface area (Å²) in [5.41, 5.74) is 2.92. The normalized spacial score (nSPS) is 16.3. The highest BCUT2D eigenvalue weighted by Crippen LogP contribution is 2.48. The number of carbonyl (C=O) groups excluding carboxylic acids is 1. The van der Waals surface area contributed by atoms with Crippen molar-refractivity contribution in [2.24, 2.45) is 0 Å². The minimum absolute atomic E-state index is 0.0645. The van der Waals surface area contributed by atoms with E-state index < -0.39 is 0 Å². The average Bonchev–Trinajstić information content (AvgIpc) is 3.18. The number of hydrogen-bond acceptors (Lipinski definition) is 7. The fraction of sp³-hybridized carbons (Fsp3) is 0.273. The number of anilines is 1. The Morgan fingerprint density at radius 1 is 1.23 bits per heavy atom. The van der Waals surface area contributed by atoms with Crippen molar-refractivity contribution in [3.8, 4) is 11.6 Å². The summed E-state index contributed by atoms with van der Waals surface area (Å²) in [6.45, 7) is 2.13. The first-order chi connectivity index (χ1) is 15.1. The molecule has 0 saturated heterocycles. The number of ether oxygens (including phenoxy) is 1. The topological polar surface area (TPSA) is 95.1 Å². The van der Waals surface area contributed by atoms with E-state index in [-0.39, 0.29) is 11.4 Å². The van der Waals surface area contributed by atoms with Crippen molar-refractivity contribution in [2.75, 3.05) is 5.32 Å². The number of nitrogens with zero attached hydrogens (tertiary/aromatic N) is 4. The van der Waals surface area contributed by atoms with Crippen LogP contribution in [-0.4, -0.2) is 25.7 Å². The molecule has 0 radical (unpaired) electrons. The molecule has 8 nitrogen and oxygen atoms in total. The Morgan fingerprint density at radius 2 is 2.13 bits per heavy atom. The molecular weight excluding hydrogens is 414 g/mol. The van der Waals surface area contributed by atoms with E-state index in [0.717, 1.165) is 52.3 Å². The van der Waals surface area contributed by atoms with Crippen LogP contribution in [0.25, 0.3) is 10.9 Å². The second kappa shape index (κ2) is 6.84. The Hall–Kier alpha value is -3.33. The predicted molar refractivity (Wildman–Crippen MR) is 117 cm³/mol. The molecule has 156 valence electrons. The monoisotopic (exact) mass is 433 g/mol. The molecule has 0 bridgehead atoms. The summed E-state index contributed by atoms with van der Waals surface area (Å²) < 4.78 is 13.0. The Balaban J connectivity index is 1.23. The van der Waals surface area contributed by atoms with Gasteiger partial charge in [0.1, 0.15) is 17.8 Å². The lowest BCUT2D eigenvalue weighted by atomic mass is 10.1. The van der Waals surface area contributed by atoms with Crippen molar-refractivity contribution < 1.29 is 14.1 Å². The van der Waals surface area contributed by atoms with E-state index in [9.17, 15) is 4.79 Å². The van der Waals surface area contributed by atoms with Crippen LogP contribution in [0, 0.1) is 0 Å². The Kier molecular flexibility index (Phi) is 4.07. The van der Waals surface area contributed by atoms with E-state index >= 15 is 0 Å². The summed E-state index contributed by atoms with van der Waals surface area (Å²) in [7, 11) is 0. The number of aromatic nitrogens is 4. The zero-order chi connectivity index (χ0) is 21.0. The van der Waals surface area contributed by atoms with Gasteiger partial charge in [-0.1, -0.05) is 12.1 Å². The van der Waals surface area contributed by atoms with Gasteiger partial charge in [-0.15, -0.1) is 0 Å². The van der Waals surface area contributed by atoms with Crippen LogP contribution in [0.3, 0.4) is 0 Å². The smallest absolute Gasteiger partial charge is 0.331 e.